The van der Waals surface area contributed by atoms with Gasteiger partial charge < -0.3 is 9.64 Å². The summed E-state index contributed by atoms with van der Waals surface area (Å²) >= 11 is 1.42. The van der Waals surface area contributed by atoms with Crippen LogP contribution in [-0.4, -0.2) is 55.7 Å². The molecular formula is C25H31FN4OS. The number of nitriles is 2. The number of thiophene rings is 1. The van der Waals surface area contributed by atoms with Crippen LogP contribution in [0.3, 0.4) is 0 Å². The summed E-state index contributed by atoms with van der Waals surface area (Å²) in [6.45, 7) is 10.5. The largest absolute Gasteiger partial charge is 0.492 e. The molecular weight excluding hydrogens is 423 g/mol. The highest BCUT2D eigenvalue weighted by Crippen LogP contribution is 2.38. The maximum atomic E-state index is 13.2. The Balaban J connectivity index is 1.42. The minimum absolute atomic E-state index is 0.184. The van der Waals surface area contributed by atoms with Gasteiger partial charge in [0.2, 0.25) is 0 Å². The van der Waals surface area contributed by atoms with Crippen LogP contribution < -0.4 is 4.74 Å². The Morgan fingerprint density at radius 2 is 1.84 bits per heavy atom. The van der Waals surface area contributed by atoms with E-state index in [9.17, 15) is 9.65 Å². The van der Waals surface area contributed by atoms with Crippen molar-refractivity contribution in [3.63, 3.8) is 0 Å². The zero-order chi connectivity index (χ0) is 23.0. The molecule has 1 aliphatic rings. The van der Waals surface area contributed by atoms with E-state index < -0.39 is 5.41 Å². The standard InChI is InChI=1S/C25H31FN4OS/c1-20(2)25(19-28,21-15-24(17-27)32-18-21)7-4-8-29-9-11-30(12-10-29)13-14-31-23-6-3-5-22(26)16-23/h3,5-6,15-16,18,20H,4,7-14H2,1-2H3. The summed E-state index contributed by atoms with van der Waals surface area (Å²) in [5, 5.41) is 21.2. The maximum Gasteiger partial charge on any atom is 0.126 e. The average Bonchev–Trinajstić information content (AvgIpc) is 3.27. The Hall–Kier alpha value is -2.45. The van der Waals surface area contributed by atoms with Gasteiger partial charge in [-0.05, 0) is 54.4 Å². The van der Waals surface area contributed by atoms with Gasteiger partial charge in [-0.15, -0.1) is 11.3 Å². The third kappa shape index (κ3) is 6.07. The summed E-state index contributed by atoms with van der Waals surface area (Å²) in [5.74, 6) is 0.476. The number of nitrogens with zero attached hydrogens (tertiary/aromatic N) is 4. The Bertz CT molecular complexity index is 955. The highest BCUT2D eigenvalue weighted by Gasteiger charge is 2.36. The average molecular weight is 455 g/mol. The molecule has 1 unspecified atom stereocenters. The van der Waals surface area contributed by atoms with E-state index >= 15 is 0 Å². The lowest BCUT2D eigenvalue weighted by atomic mass is 9.70. The van der Waals surface area contributed by atoms with Crippen molar-refractivity contribution in [1.29, 1.82) is 10.5 Å². The van der Waals surface area contributed by atoms with Gasteiger partial charge in [0.15, 0.2) is 0 Å². The van der Waals surface area contributed by atoms with Gasteiger partial charge in [-0.3, -0.25) is 4.90 Å². The number of hydrogen-bond acceptors (Lipinski definition) is 6. The number of ether oxygens (including phenoxy) is 1. The molecule has 0 aliphatic carbocycles. The van der Waals surface area contributed by atoms with Crippen molar-refractivity contribution in [1.82, 2.24) is 9.80 Å². The van der Waals surface area contributed by atoms with Crippen LogP contribution in [0.4, 0.5) is 4.39 Å². The van der Waals surface area contributed by atoms with Gasteiger partial charge in [0, 0.05) is 38.8 Å². The second-order valence-corrected chi connectivity index (χ2v) is 9.55. The fraction of sp³-hybridized carbons (Fsp3) is 0.520. The van der Waals surface area contributed by atoms with Crippen molar-refractivity contribution >= 4 is 11.3 Å². The number of benzene rings is 1. The number of halogens is 1. The molecule has 2 aromatic rings. The molecule has 1 fully saturated rings. The highest BCUT2D eigenvalue weighted by molar-refractivity contribution is 7.10. The lowest BCUT2D eigenvalue weighted by Crippen LogP contribution is -2.47. The molecule has 1 aromatic heterocycles. The van der Waals surface area contributed by atoms with Crippen molar-refractivity contribution in [3.05, 3.63) is 52.0 Å². The second-order valence-electron chi connectivity index (χ2n) is 8.64. The molecule has 2 heterocycles. The summed E-state index contributed by atoms with van der Waals surface area (Å²) in [7, 11) is 0. The van der Waals surface area contributed by atoms with E-state index in [1.807, 2.05) is 11.4 Å². The van der Waals surface area contributed by atoms with E-state index in [4.69, 9.17) is 10.00 Å². The second kappa shape index (κ2) is 11.4. The summed E-state index contributed by atoms with van der Waals surface area (Å²) in [4.78, 5) is 5.50. The van der Waals surface area contributed by atoms with Gasteiger partial charge in [-0.25, -0.2) is 4.39 Å². The summed E-state index contributed by atoms with van der Waals surface area (Å²) in [6, 6.07) is 12.9. The lowest BCUT2D eigenvalue weighted by molar-refractivity contribution is 0.114. The van der Waals surface area contributed by atoms with Crippen LogP contribution in [0, 0.1) is 34.4 Å². The molecule has 170 valence electrons. The summed E-state index contributed by atoms with van der Waals surface area (Å²) < 4.78 is 18.9. The minimum Gasteiger partial charge on any atom is -0.492 e. The first kappa shape index (κ1) is 24.2. The molecule has 0 radical (unpaired) electrons. The van der Waals surface area contributed by atoms with Crippen LogP contribution in [0.25, 0.3) is 0 Å². The van der Waals surface area contributed by atoms with Crippen LogP contribution in [0.1, 0.15) is 37.1 Å². The van der Waals surface area contributed by atoms with Crippen LogP contribution in [0.15, 0.2) is 35.7 Å². The van der Waals surface area contributed by atoms with Crippen LogP contribution in [0.2, 0.25) is 0 Å². The Labute approximate surface area is 194 Å². The number of hydrogen-bond donors (Lipinski definition) is 0. The molecule has 1 saturated heterocycles. The quantitative estimate of drug-likeness (QED) is 0.523. The van der Waals surface area contributed by atoms with Gasteiger partial charge in [0.1, 0.15) is 29.1 Å². The molecule has 1 atom stereocenters. The lowest BCUT2D eigenvalue weighted by Gasteiger charge is -2.36. The van der Waals surface area contributed by atoms with Crippen molar-refractivity contribution in [2.75, 3.05) is 45.9 Å². The van der Waals surface area contributed by atoms with Gasteiger partial charge in [-0.1, -0.05) is 19.9 Å². The number of piperazine rings is 1. The van der Waals surface area contributed by atoms with Gasteiger partial charge in [0.05, 0.1) is 11.5 Å². The van der Waals surface area contributed by atoms with Gasteiger partial charge in [0.25, 0.3) is 0 Å². The molecule has 7 heteroatoms. The van der Waals surface area contributed by atoms with E-state index in [-0.39, 0.29) is 11.7 Å². The molecule has 0 spiro atoms. The molecule has 5 nitrogen and oxygen atoms in total. The first-order valence-electron chi connectivity index (χ1n) is 11.2. The molecule has 32 heavy (non-hydrogen) atoms. The van der Waals surface area contributed by atoms with Crippen molar-refractivity contribution < 1.29 is 9.13 Å². The van der Waals surface area contributed by atoms with Gasteiger partial charge >= 0.3 is 0 Å². The maximum absolute atomic E-state index is 13.2. The molecule has 3 rings (SSSR count). The van der Waals surface area contributed by atoms with Crippen molar-refractivity contribution in [2.24, 2.45) is 5.92 Å². The van der Waals surface area contributed by atoms with E-state index in [1.54, 1.807) is 12.1 Å². The third-order valence-corrected chi connectivity index (χ3v) is 7.23. The fourth-order valence-electron chi connectivity index (χ4n) is 4.31. The monoisotopic (exact) mass is 454 g/mol. The van der Waals surface area contributed by atoms with E-state index in [2.05, 4.69) is 35.8 Å². The van der Waals surface area contributed by atoms with Crippen LogP contribution >= 0.6 is 11.3 Å². The number of rotatable bonds is 10. The highest BCUT2D eigenvalue weighted by atomic mass is 32.1. The van der Waals surface area contributed by atoms with Crippen molar-refractivity contribution in [3.8, 4) is 17.9 Å². The van der Waals surface area contributed by atoms with Crippen molar-refractivity contribution in [2.45, 2.75) is 32.1 Å². The molecule has 1 aromatic carbocycles. The SMILES string of the molecule is CC(C)C(C#N)(CCCN1CCN(CCOc2cccc(F)c2)CC1)c1csc(C#N)c1. The Kier molecular flexibility index (Phi) is 8.64. The van der Waals surface area contributed by atoms with Gasteiger partial charge in [-0.2, -0.15) is 10.5 Å². The summed E-state index contributed by atoms with van der Waals surface area (Å²) in [6.07, 6.45) is 1.75. The Morgan fingerprint density at radius 1 is 1.12 bits per heavy atom. The normalized spacial score (nSPS) is 16.9. The van der Waals surface area contributed by atoms with E-state index in [1.165, 1.54) is 23.5 Å². The topological polar surface area (TPSA) is 63.3 Å². The molecule has 0 saturated carbocycles. The van der Waals surface area contributed by atoms with E-state index in [0.29, 0.717) is 17.2 Å². The molecule has 0 bridgehead atoms. The molecule has 0 N–H and O–H groups in total. The fourth-order valence-corrected chi connectivity index (χ4v) is 5.09. The zero-order valence-electron chi connectivity index (χ0n) is 18.9. The zero-order valence-corrected chi connectivity index (χ0v) is 19.7. The Morgan fingerprint density at radius 3 is 2.44 bits per heavy atom. The first-order valence-corrected chi connectivity index (χ1v) is 12.1. The third-order valence-electron chi connectivity index (χ3n) is 6.39. The predicted molar refractivity (Wildman–Crippen MR) is 125 cm³/mol. The van der Waals surface area contributed by atoms with E-state index in [0.717, 1.165) is 57.7 Å². The molecule has 1 aliphatic heterocycles. The van der Waals surface area contributed by atoms with Crippen LogP contribution in [-0.2, 0) is 5.41 Å². The first-order chi connectivity index (χ1) is 15.5. The smallest absolute Gasteiger partial charge is 0.126 e. The predicted octanol–water partition coefficient (Wildman–Crippen LogP) is 4.65. The van der Waals surface area contributed by atoms with Crippen LogP contribution in [0.5, 0.6) is 5.75 Å². The molecule has 0 amide bonds. The summed E-state index contributed by atoms with van der Waals surface area (Å²) in [5.41, 5.74) is 0.446. The minimum atomic E-state index is -0.540.